The van der Waals surface area contributed by atoms with Crippen LogP contribution in [0.5, 0.6) is 11.5 Å². The normalized spacial score (nSPS) is 13.0. The van der Waals surface area contributed by atoms with Crippen LogP contribution in [-0.2, 0) is 0 Å². The van der Waals surface area contributed by atoms with Gasteiger partial charge in [-0.2, -0.15) is 0 Å². The van der Waals surface area contributed by atoms with Crippen molar-refractivity contribution in [1.82, 2.24) is 9.88 Å². The van der Waals surface area contributed by atoms with Crippen LogP contribution >= 0.6 is 11.3 Å². The number of thiazole rings is 1. The van der Waals surface area contributed by atoms with Gasteiger partial charge in [-0.3, -0.25) is 4.79 Å². The van der Waals surface area contributed by atoms with Crippen LogP contribution in [0.2, 0.25) is 0 Å². The van der Waals surface area contributed by atoms with Crippen LogP contribution in [0.4, 0.5) is 0 Å². The number of hydrogen-bond acceptors (Lipinski definition) is 5. The first kappa shape index (κ1) is 15.8. The molecule has 0 radical (unpaired) electrons. The Kier molecular flexibility index (Phi) is 4.26. The van der Waals surface area contributed by atoms with E-state index in [1.54, 1.807) is 0 Å². The second-order valence-electron chi connectivity index (χ2n) is 6.01. The first-order chi connectivity index (χ1) is 11.0. The summed E-state index contributed by atoms with van der Waals surface area (Å²) in [6.45, 7) is 8.32. The van der Waals surface area contributed by atoms with Crippen molar-refractivity contribution in [3.63, 3.8) is 0 Å². The van der Waals surface area contributed by atoms with Gasteiger partial charge in [0.15, 0.2) is 11.5 Å². The smallest absolute Gasteiger partial charge is 0.273 e. The van der Waals surface area contributed by atoms with Gasteiger partial charge >= 0.3 is 0 Å². The van der Waals surface area contributed by atoms with Crippen LogP contribution in [0.15, 0.2) is 23.6 Å². The monoisotopic (exact) mass is 332 g/mol. The molecule has 3 rings (SSSR count). The van der Waals surface area contributed by atoms with Crippen LogP contribution in [0, 0.1) is 0 Å². The molecule has 0 aliphatic carbocycles. The van der Waals surface area contributed by atoms with Crippen molar-refractivity contribution in [3.05, 3.63) is 29.3 Å². The van der Waals surface area contributed by atoms with Crippen molar-refractivity contribution in [3.8, 4) is 22.1 Å². The highest BCUT2D eigenvalue weighted by Gasteiger charge is 2.24. The van der Waals surface area contributed by atoms with E-state index in [9.17, 15) is 4.79 Å². The Labute approximate surface area is 139 Å². The fourth-order valence-corrected chi connectivity index (χ4v) is 3.52. The van der Waals surface area contributed by atoms with Gasteiger partial charge in [-0.1, -0.05) is 0 Å². The summed E-state index contributed by atoms with van der Waals surface area (Å²) >= 11 is 1.46. The fraction of sp³-hybridized carbons (Fsp3) is 0.412. The third-order valence-electron chi connectivity index (χ3n) is 3.69. The molecule has 0 unspecified atom stereocenters. The summed E-state index contributed by atoms with van der Waals surface area (Å²) in [6.07, 6.45) is 0. The van der Waals surface area contributed by atoms with Crippen LogP contribution < -0.4 is 9.47 Å². The summed E-state index contributed by atoms with van der Waals surface area (Å²) in [6, 6.07) is 5.98. The number of fused-ring (bicyclic) bond motifs is 1. The van der Waals surface area contributed by atoms with Gasteiger partial charge < -0.3 is 14.4 Å². The van der Waals surface area contributed by atoms with Gasteiger partial charge in [0, 0.05) is 23.0 Å². The van der Waals surface area contributed by atoms with Crippen molar-refractivity contribution in [2.75, 3.05) is 6.79 Å². The molecule has 0 saturated carbocycles. The topological polar surface area (TPSA) is 51.7 Å². The standard InChI is InChI=1S/C17H20N2O3S/c1-10(2)19(11(3)4)17(20)13-8-23-16(18-13)12-5-6-14-15(7-12)22-9-21-14/h5-8,10-11H,9H2,1-4H3. The summed E-state index contributed by atoms with van der Waals surface area (Å²) in [5.74, 6) is 1.43. The van der Waals surface area contributed by atoms with E-state index in [0.29, 0.717) is 5.69 Å². The fourth-order valence-electron chi connectivity index (χ4n) is 2.73. The number of ether oxygens (including phenoxy) is 2. The van der Waals surface area contributed by atoms with E-state index in [2.05, 4.69) is 4.98 Å². The van der Waals surface area contributed by atoms with Gasteiger partial charge in [-0.05, 0) is 45.9 Å². The summed E-state index contributed by atoms with van der Waals surface area (Å²) in [5.41, 5.74) is 1.42. The predicted octanol–water partition coefficient (Wildman–Crippen LogP) is 3.80. The van der Waals surface area contributed by atoms with E-state index in [1.807, 2.05) is 56.2 Å². The zero-order valence-electron chi connectivity index (χ0n) is 13.7. The summed E-state index contributed by atoms with van der Waals surface area (Å²) in [7, 11) is 0. The number of nitrogens with zero attached hydrogens (tertiary/aromatic N) is 2. The first-order valence-electron chi connectivity index (χ1n) is 7.65. The molecule has 23 heavy (non-hydrogen) atoms. The molecule has 0 spiro atoms. The molecule has 0 saturated heterocycles. The lowest BCUT2D eigenvalue weighted by Gasteiger charge is -2.30. The number of hydrogen-bond donors (Lipinski definition) is 0. The van der Waals surface area contributed by atoms with Crippen molar-refractivity contribution in [2.24, 2.45) is 0 Å². The molecule has 5 nitrogen and oxygen atoms in total. The molecule has 0 bridgehead atoms. The van der Waals surface area contributed by atoms with Crippen molar-refractivity contribution in [2.45, 2.75) is 39.8 Å². The lowest BCUT2D eigenvalue weighted by molar-refractivity contribution is 0.0638. The molecular weight excluding hydrogens is 312 g/mol. The van der Waals surface area contributed by atoms with Crippen molar-refractivity contribution < 1.29 is 14.3 Å². The van der Waals surface area contributed by atoms with Gasteiger partial charge in [0.2, 0.25) is 6.79 Å². The minimum absolute atomic E-state index is 0.0294. The van der Waals surface area contributed by atoms with Crippen molar-refractivity contribution >= 4 is 17.2 Å². The van der Waals surface area contributed by atoms with Crippen molar-refractivity contribution in [1.29, 1.82) is 0 Å². The van der Waals surface area contributed by atoms with E-state index >= 15 is 0 Å². The van der Waals surface area contributed by atoms with Gasteiger partial charge in [0.25, 0.3) is 5.91 Å². The molecule has 122 valence electrons. The molecule has 1 aliphatic rings. The number of benzene rings is 1. The molecule has 0 fully saturated rings. The maximum absolute atomic E-state index is 12.7. The molecule has 1 amide bonds. The van der Waals surface area contributed by atoms with Gasteiger partial charge in [0.05, 0.1) is 0 Å². The van der Waals surface area contributed by atoms with Crippen LogP contribution in [0.3, 0.4) is 0 Å². The minimum atomic E-state index is -0.0294. The number of aromatic nitrogens is 1. The van der Waals surface area contributed by atoms with Crippen LogP contribution in [-0.4, -0.2) is 34.7 Å². The SMILES string of the molecule is CC(C)N(C(=O)c1csc(-c2ccc3c(c2)OCO3)n1)C(C)C. The quantitative estimate of drug-likeness (QED) is 0.854. The Morgan fingerprint density at radius 2 is 1.87 bits per heavy atom. The number of rotatable bonds is 4. The Morgan fingerprint density at radius 3 is 2.57 bits per heavy atom. The molecule has 2 aromatic rings. The average molecular weight is 332 g/mol. The minimum Gasteiger partial charge on any atom is -0.454 e. The summed E-state index contributed by atoms with van der Waals surface area (Å²) in [4.78, 5) is 19.1. The molecule has 2 heterocycles. The molecule has 0 atom stereocenters. The van der Waals surface area contributed by atoms with E-state index < -0.39 is 0 Å². The molecule has 1 aliphatic heterocycles. The molecule has 6 heteroatoms. The Balaban J connectivity index is 1.87. The van der Waals surface area contributed by atoms with Gasteiger partial charge in [-0.15, -0.1) is 11.3 Å². The Bertz CT molecular complexity index is 716. The van der Waals surface area contributed by atoms with E-state index in [4.69, 9.17) is 9.47 Å². The van der Waals surface area contributed by atoms with Gasteiger partial charge in [0.1, 0.15) is 10.7 Å². The lowest BCUT2D eigenvalue weighted by Crippen LogP contribution is -2.42. The predicted molar refractivity (Wildman–Crippen MR) is 90.1 cm³/mol. The van der Waals surface area contributed by atoms with E-state index in [1.165, 1.54) is 11.3 Å². The average Bonchev–Trinajstić information content (AvgIpc) is 3.14. The number of carbonyl (C=O) groups excluding carboxylic acids is 1. The third kappa shape index (κ3) is 3.03. The second kappa shape index (κ2) is 6.20. The largest absolute Gasteiger partial charge is 0.454 e. The maximum Gasteiger partial charge on any atom is 0.273 e. The second-order valence-corrected chi connectivity index (χ2v) is 6.86. The third-order valence-corrected chi connectivity index (χ3v) is 4.58. The van der Waals surface area contributed by atoms with Gasteiger partial charge in [-0.25, -0.2) is 4.98 Å². The Hall–Kier alpha value is -2.08. The number of amides is 1. The van der Waals surface area contributed by atoms with Crippen LogP contribution in [0.1, 0.15) is 38.2 Å². The summed E-state index contributed by atoms with van der Waals surface area (Å²) < 4.78 is 10.7. The molecule has 0 N–H and O–H groups in total. The highest BCUT2D eigenvalue weighted by molar-refractivity contribution is 7.13. The summed E-state index contributed by atoms with van der Waals surface area (Å²) in [5, 5.41) is 2.62. The lowest BCUT2D eigenvalue weighted by atomic mass is 10.2. The number of carbonyl (C=O) groups is 1. The Morgan fingerprint density at radius 1 is 1.17 bits per heavy atom. The first-order valence-corrected chi connectivity index (χ1v) is 8.53. The van der Waals surface area contributed by atoms with E-state index in [0.717, 1.165) is 22.1 Å². The van der Waals surface area contributed by atoms with Crippen LogP contribution in [0.25, 0.3) is 10.6 Å². The highest BCUT2D eigenvalue weighted by Crippen LogP contribution is 2.36. The maximum atomic E-state index is 12.7. The zero-order valence-corrected chi connectivity index (χ0v) is 14.5. The van der Waals surface area contributed by atoms with E-state index in [-0.39, 0.29) is 24.8 Å². The zero-order chi connectivity index (χ0) is 16.6. The molecule has 1 aromatic carbocycles. The molecule has 1 aromatic heterocycles. The molecular formula is C17H20N2O3S. The highest BCUT2D eigenvalue weighted by atomic mass is 32.1.